The van der Waals surface area contributed by atoms with Gasteiger partial charge < -0.3 is 4.90 Å². The Hall–Kier alpha value is -0.740. The standard InChI is InChI=1S/C5H5F3N2/c6-2-10-1-4(5(7)8)9-3-10/h1,4-5H,2H2. The maximum atomic E-state index is 11.7. The van der Waals surface area contributed by atoms with Crippen LogP contribution in [0.5, 0.6) is 0 Å². The number of hydrogen-bond donors (Lipinski definition) is 0. The van der Waals surface area contributed by atoms with E-state index in [2.05, 4.69) is 11.3 Å². The number of hydrogen-bond acceptors (Lipinski definition) is 2. The fourth-order valence-electron chi connectivity index (χ4n) is 0.580. The number of aliphatic imine (C=N–C) groups is 1. The summed E-state index contributed by atoms with van der Waals surface area (Å²) in [6, 6.07) is -1.21. The summed E-state index contributed by atoms with van der Waals surface area (Å²) in [6.07, 6.45) is -0.480. The Labute approximate surface area is 56.3 Å². The van der Waals surface area contributed by atoms with Crippen molar-refractivity contribution in [1.29, 1.82) is 0 Å². The third-order valence-corrected chi connectivity index (χ3v) is 1.05. The van der Waals surface area contributed by atoms with E-state index in [1.807, 2.05) is 0 Å². The molecule has 1 unspecified atom stereocenters. The molecule has 1 rings (SSSR count). The molecule has 1 atom stereocenters. The molecule has 56 valence electrons. The molecular weight excluding hydrogens is 145 g/mol. The van der Waals surface area contributed by atoms with Crippen LogP contribution >= 0.6 is 0 Å². The maximum Gasteiger partial charge on any atom is 0.262 e. The Morgan fingerprint density at radius 3 is 2.70 bits per heavy atom. The van der Waals surface area contributed by atoms with E-state index in [9.17, 15) is 13.2 Å². The van der Waals surface area contributed by atoms with E-state index in [-0.39, 0.29) is 0 Å². The molecule has 10 heavy (non-hydrogen) atoms. The van der Waals surface area contributed by atoms with E-state index < -0.39 is 19.3 Å². The highest BCUT2D eigenvalue weighted by molar-refractivity contribution is 5.59. The van der Waals surface area contributed by atoms with E-state index >= 15 is 0 Å². The van der Waals surface area contributed by atoms with Crippen LogP contribution in [0.1, 0.15) is 0 Å². The fraction of sp³-hybridized carbons (Fsp3) is 0.600. The van der Waals surface area contributed by atoms with Crippen molar-refractivity contribution in [2.24, 2.45) is 4.99 Å². The van der Waals surface area contributed by atoms with E-state index in [0.717, 1.165) is 11.4 Å². The van der Waals surface area contributed by atoms with Crippen molar-refractivity contribution in [2.75, 3.05) is 6.80 Å². The smallest absolute Gasteiger partial charge is 0.262 e. The normalized spacial score (nSPS) is 24.8. The van der Waals surface area contributed by atoms with E-state index in [1.54, 1.807) is 0 Å². The predicted molar refractivity (Wildman–Crippen MR) is 29.3 cm³/mol. The summed E-state index contributed by atoms with van der Waals surface area (Å²) < 4.78 is 35.1. The van der Waals surface area contributed by atoms with Gasteiger partial charge in [-0.05, 0) is 0 Å². The molecule has 1 aliphatic rings. The molecule has 1 heterocycles. The quantitative estimate of drug-likeness (QED) is 0.534. The molecule has 0 aliphatic carbocycles. The van der Waals surface area contributed by atoms with Crippen molar-refractivity contribution in [1.82, 2.24) is 4.90 Å². The molecule has 0 spiro atoms. The minimum Gasteiger partial charge on any atom is -0.319 e. The van der Waals surface area contributed by atoms with Crippen molar-refractivity contribution in [3.63, 3.8) is 0 Å². The molecule has 0 aromatic rings. The third kappa shape index (κ3) is 1.40. The molecule has 2 radical (unpaired) electrons. The number of nitrogens with zero attached hydrogens (tertiary/aromatic N) is 2. The SMILES string of the molecule is FCN1[C]=NC(C(F)F)[CH]1. The van der Waals surface area contributed by atoms with Crippen molar-refractivity contribution in [2.45, 2.75) is 12.5 Å². The molecule has 0 amide bonds. The second-order valence-electron chi connectivity index (χ2n) is 1.79. The molecule has 2 nitrogen and oxygen atoms in total. The molecular formula is C5H5F3N2. The molecule has 0 saturated heterocycles. The molecule has 0 N–H and O–H groups in total. The van der Waals surface area contributed by atoms with Crippen molar-refractivity contribution < 1.29 is 13.2 Å². The van der Waals surface area contributed by atoms with E-state index in [4.69, 9.17) is 0 Å². The summed E-state index contributed by atoms with van der Waals surface area (Å²) >= 11 is 0. The Morgan fingerprint density at radius 1 is 1.70 bits per heavy atom. The van der Waals surface area contributed by atoms with Crippen molar-refractivity contribution in [3.8, 4) is 0 Å². The minimum atomic E-state index is -2.57. The van der Waals surface area contributed by atoms with Crippen LogP contribution in [0.2, 0.25) is 0 Å². The second kappa shape index (κ2) is 2.90. The highest BCUT2D eigenvalue weighted by atomic mass is 19.3. The first-order chi connectivity index (χ1) is 4.74. The lowest BCUT2D eigenvalue weighted by atomic mass is 10.3. The third-order valence-electron chi connectivity index (χ3n) is 1.05. The van der Waals surface area contributed by atoms with Crippen LogP contribution < -0.4 is 0 Å². The first kappa shape index (κ1) is 7.37. The van der Waals surface area contributed by atoms with Crippen molar-refractivity contribution in [3.05, 3.63) is 6.54 Å². The first-order valence-corrected chi connectivity index (χ1v) is 2.65. The fourth-order valence-corrected chi connectivity index (χ4v) is 0.580. The van der Waals surface area contributed by atoms with Gasteiger partial charge in [-0.15, -0.1) is 0 Å². The lowest BCUT2D eigenvalue weighted by molar-refractivity contribution is 0.123. The topological polar surface area (TPSA) is 15.6 Å². The van der Waals surface area contributed by atoms with Gasteiger partial charge in [0, 0.05) is 0 Å². The molecule has 0 saturated carbocycles. The van der Waals surface area contributed by atoms with Crippen LogP contribution in [0.3, 0.4) is 0 Å². The Morgan fingerprint density at radius 2 is 2.40 bits per heavy atom. The van der Waals surface area contributed by atoms with Crippen LogP contribution in [0.15, 0.2) is 4.99 Å². The summed E-state index contributed by atoms with van der Waals surface area (Å²) in [7, 11) is 0. The Balaban J connectivity index is 2.37. The molecule has 5 heteroatoms. The lowest BCUT2D eigenvalue weighted by Gasteiger charge is -2.08. The molecule has 0 aromatic heterocycles. The van der Waals surface area contributed by atoms with Crippen LogP contribution in [0.4, 0.5) is 13.2 Å². The summed E-state index contributed by atoms with van der Waals surface area (Å²) in [6.45, 7) is 0.150. The molecule has 0 bridgehead atoms. The van der Waals surface area contributed by atoms with Gasteiger partial charge in [0.25, 0.3) is 6.43 Å². The molecule has 0 fully saturated rings. The number of rotatable bonds is 2. The zero-order valence-electron chi connectivity index (χ0n) is 4.97. The molecule has 1 aliphatic heterocycles. The van der Waals surface area contributed by atoms with Gasteiger partial charge in [0.05, 0.1) is 6.54 Å². The minimum absolute atomic E-state index is 0.854. The summed E-state index contributed by atoms with van der Waals surface area (Å²) in [5.41, 5.74) is 0. The number of alkyl halides is 3. The van der Waals surface area contributed by atoms with Gasteiger partial charge in [0.15, 0.2) is 13.1 Å². The average molecular weight is 150 g/mol. The van der Waals surface area contributed by atoms with Gasteiger partial charge >= 0.3 is 0 Å². The number of halogens is 3. The molecule has 0 aromatic carbocycles. The average Bonchev–Trinajstić information content (AvgIpc) is 2.34. The maximum absolute atomic E-state index is 11.7. The predicted octanol–water partition coefficient (Wildman–Crippen LogP) is 0.930. The Kier molecular flexibility index (Phi) is 2.13. The van der Waals surface area contributed by atoms with Crippen LogP contribution in [-0.4, -0.2) is 30.5 Å². The van der Waals surface area contributed by atoms with Gasteiger partial charge in [-0.25, -0.2) is 13.2 Å². The highest BCUT2D eigenvalue weighted by Gasteiger charge is 2.26. The summed E-state index contributed by atoms with van der Waals surface area (Å²) in [4.78, 5) is 4.08. The van der Waals surface area contributed by atoms with Crippen molar-refractivity contribution >= 4 is 6.34 Å². The van der Waals surface area contributed by atoms with Gasteiger partial charge in [-0.2, -0.15) is 0 Å². The van der Waals surface area contributed by atoms with Gasteiger partial charge in [0.2, 0.25) is 0 Å². The largest absolute Gasteiger partial charge is 0.319 e. The summed E-state index contributed by atoms with van der Waals surface area (Å²) in [5, 5.41) is 0. The summed E-state index contributed by atoms with van der Waals surface area (Å²) in [5.74, 6) is 0. The van der Waals surface area contributed by atoms with Crippen LogP contribution in [-0.2, 0) is 0 Å². The first-order valence-electron chi connectivity index (χ1n) is 2.65. The van der Waals surface area contributed by atoms with Crippen LogP contribution in [0, 0.1) is 6.54 Å². The monoisotopic (exact) mass is 150 g/mol. The van der Waals surface area contributed by atoms with Gasteiger partial charge in [0.1, 0.15) is 6.04 Å². The zero-order chi connectivity index (χ0) is 7.56. The van der Waals surface area contributed by atoms with E-state index in [1.165, 1.54) is 0 Å². The second-order valence-corrected chi connectivity index (χ2v) is 1.79. The zero-order valence-corrected chi connectivity index (χ0v) is 4.97. The Bertz CT molecular complexity index is 137. The lowest BCUT2D eigenvalue weighted by Crippen LogP contribution is -2.20. The van der Waals surface area contributed by atoms with E-state index in [0.29, 0.717) is 0 Å². The highest BCUT2D eigenvalue weighted by Crippen LogP contribution is 2.15. The van der Waals surface area contributed by atoms with Crippen LogP contribution in [0.25, 0.3) is 0 Å². The van der Waals surface area contributed by atoms with Gasteiger partial charge in [-0.1, -0.05) is 0 Å². The van der Waals surface area contributed by atoms with Gasteiger partial charge in [-0.3, -0.25) is 4.99 Å².